The smallest absolute Gasteiger partial charge is 0.261 e. The van der Waals surface area contributed by atoms with Crippen LogP contribution in [-0.2, 0) is 21.4 Å². The molecule has 4 aromatic rings. The molecule has 180 valence electrons. The average Bonchev–Trinajstić information content (AvgIpc) is 2.88. The van der Waals surface area contributed by atoms with Gasteiger partial charge in [-0.1, -0.05) is 42.5 Å². The van der Waals surface area contributed by atoms with Crippen molar-refractivity contribution in [1.82, 2.24) is 18.8 Å². The molecule has 1 fully saturated rings. The summed E-state index contributed by atoms with van der Waals surface area (Å²) in [7, 11) is -3.65. The van der Waals surface area contributed by atoms with Gasteiger partial charge in [0.15, 0.2) is 0 Å². The molecule has 1 saturated heterocycles. The highest BCUT2D eigenvalue weighted by atomic mass is 32.2. The van der Waals surface area contributed by atoms with E-state index in [0.717, 1.165) is 10.8 Å². The molecule has 9 heteroatoms. The van der Waals surface area contributed by atoms with Crippen LogP contribution in [0.5, 0.6) is 0 Å². The van der Waals surface area contributed by atoms with Crippen molar-refractivity contribution in [3.8, 4) is 0 Å². The number of fused-ring (bicyclic) bond motifs is 2. The molecular formula is C26H26N4O4S. The summed E-state index contributed by atoms with van der Waals surface area (Å²) < 4.78 is 29.3. The first-order chi connectivity index (χ1) is 16.8. The second-order valence-corrected chi connectivity index (χ2v) is 10.6. The van der Waals surface area contributed by atoms with Crippen molar-refractivity contribution >= 4 is 37.6 Å². The molecule has 8 nitrogen and oxygen atoms in total. The highest BCUT2D eigenvalue weighted by Crippen LogP contribution is 2.23. The van der Waals surface area contributed by atoms with Crippen molar-refractivity contribution in [1.29, 1.82) is 0 Å². The Labute approximate surface area is 203 Å². The summed E-state index contributed by atoms with van der Waals surface area (Å²) in [6.45, 7) is 3.09. The van der Waals surface area contributed by atoms with Crippen LogP contribution in [0.4, 0.5) is 0 Å². The van der Waals surface area contributed by atoms with Gasteiger partial charge in [0.05, 0.1) is 15.8 Å². The van der Waals surface area contributed by atoms with E-state index in [-0.39, 0.29) is 42.4 Å². The molecule has 0 atom stereocenters. The molecule has 3 aromatic carbocycles. The number of carbonyl (C=O) groups excluding carboxylic acids is 1. The standard InChI is InChI=1S/C26H26N4O4S/c1-19-27-24-9-5-4-8-23(24)26(32)30(19)13-12-25(31)28-14-16-29(17-15-28)35(33,34)22-11-10-20-6-2-3-7-21(20)18-22/h2-11,18H,12-17H2,1H3. The van der Waals surface area contributed by atoms with Crippen LogP contribution >= 0.6 is 0 Å². The number of benzene rings is 3. The van der Waals surface area contributed by atoms with Gasteiger partial charge in [0.25, 0.3) is 5.56 Å². The average molecular weight is 491 g/mol. The molecule has 1 aliphatic heterocycles. The molecule has 1 aliphatic rings. The molecule has 0 unspecified atom stereocenters. The molecule has 0 spiro atoms. The van der Waals surface area contributed by atoms with Crippen LogP contribution in [0.25, 0.3) is 21.7 Å². The maximum absolute atomic E-state index is 13.2. The van der Waals surface area contributed by atoms with Crippen LogP contribution in [0.15, 0.2) is 76.4 Å². The van der Waals surface area contributed by atoms with Gasteiger partial charge < -0.3 is 4.90 Å². The first kappa shape index (κ1) is 23.2. The zero-order valence-electron chi connectivity index (χ0n) is 19.4. The maximum Gasteiger partial charge on any atom is 0.261 e. The third-order valence-electron chi connectivity index (χ3n) is 6.55. The number of aromatic nitrogens is 2. The number of amides is 1. The molecule has 0 N–H and O–H groups in total. The molecule has 5 rings (SSSR count). The van der Waals surface area contributed by atoms with Gasteiger partial charge in [-0.2, -0.15) is 4.31 Å². The second kappa shape index (κ2) is 9.24. The summed E-state index contributed by atoms with van der Waals surface area (Å²) >= 11 is 0. The van der Waals surface area contributed by atoms with Crippen molar-refractivity contribution < 1.29 is 13.2 Å². The van der Waals surface area contributed by atoms with E-state index in [1.54, 1.807) is 42.2 Å². The quantitative estimate of drug-likeness (QED) is 0.429. The van der Waals surface area contributed by atoms with E-state index in [0.29, 0.717) is 29.8 Å². The third-order valence-corrected chi connectivity index (χ3v) is 8.45. The van der Waals surface area contributed by atoms with Crippen LogP contribution in [-0.4, -0.2) is 59.3 Å². The Hall–Kier alpha value is -3.56. The number of aryl methyl sites for hydroxylation is 1. The lowest BCUT2D eigenvalue weighted by Crippen LogP contribution is -2.50. The van der Waals surface area contributed by atoms with Gasteiger partial charge in [0.2, 0.25) is 15.9 Å². The zero-order valence-corrected chi connectivity index (χ0v) is 20.2. The van der Waals surface area contributed by atoms with Crippen molar-refractivity contribution in [3.05, 3.63) is 82.9 Å². The largest absolute Gasteiger partial charge is 0.340 e. The Morgan fingerprint density at radius 3 is 2.37 bits per heavy atom. The molecule has 0 aliphatic carbocycles. The Balaban J connectivity index is 1.23. The van der Waals surface area contributed by atoms with Crippen LogP contribution in [0.2, 0.25) is 0 Å². The molecule has 1 aromatic heterocycles. The highest BCUT2D eigenvalue weighted by Gasteiger charge is 2.30. The maximum atomic E-state index is 13.2. The number of hydrogen-bond donors (Lipinski definition) is 0. The number of para-hydroxylation sites is 1. The Morgan fingerprint density at radius 2 is 1.60 bits per heavy atom. The normalized spacial score (nSPS) is 15.1. The summed E-state index contributed by atoms with van der Waals surface area (Å²) in [5, 5.41) is 2.38. The summed E-state index contributed by atoms with van der Waals surface area (Å²) in [6.07, 6.45) is 0.151. The van der Waals surface area contributed by atoms with E-state index < -0.39 is 10.0 Å². The predicted molar refractivity (Wildman–Crippen MR) is 135 cm³/mol. The minimum atomic E-state index is -3.65. The van der Waals surface area contributed by atoms with Gasteiger partial charge >= 0.3 is 0 Å². The monoisotopic (exact) mass is 490 g/mol. The van der Waals surface area contributed by atoms with Gasteiger partial charge in [-0.25, -0.2) is 13.4 Å². The van der Waals surface area contributed by atoms with Crippen LogP contribution in [0.1, 0.15) is 12.2 Å². The van der Waals surface area contributed by atoms with Gasteiger partial charge in [-0.15, -0.1) is 0 Å². The zero-order chi connectivity index (χ0) is 24.6. The molecule has 0 bridgehead atoms. The van der Waals surface area contributed by atoms with Crippen LogP contribution in [0, 0.1) is 6.92 Å². The number of piperazine rings is 1. The highest BCUT2D eigenvalue weighted by molar-refractivity contribution is 7.89. The fraction of sp³-hybridized carbons (Fsp3) is 0.269. The molecule has 0 saturated carbocycles. The summed E-state index contributed by atoms with van der Waals surface area (Å²) in [5.41, 5.74) is 0.480. The van der Waals surface area contributed by atoms with Crippen LogP contribution < -0.4 is 5.56 Å². The van der Waals surface area contributed by atoms with E-state index in [9.17, 15) is 18.0 Å². The Bertz CT molecular complexity index is 1590. The summed E-state index contributed by atoms with van der Waals surface area (Å²) in [4.78, 5) is 32.1. The fourth-order valence-electron chi connectivity index (χ4n) is 4.56. The van der Waals surface area contributed by atoms with E-state index in [1.807, 2.05) is 36.4 Å². The molecule has 0 radical (unpaired) electrons. The third kappa shape index (κ3) is 4.44. The fourth-order valence-corrected chi connectivity index (χ4v) is 6.02. The van der Waals surface area contributed by atoms with Crippen molar-refractivity contribution in [2.75, 3.05) is 26.2 Å². The second-order valence-electron chi connectivity index (χ2n) is 8.68. The van der Waals surface area contributed by atoms with E-state index in [4.69, 9.17) is 0 Å². The number of carbonyl (C=O) groups is 1. The molecule has 1 amide bonds. The lowest BCUT2D eigenvalue weighted by molar-refractivity contribution is -0.132. The van der Waals surface area contributed by atoms with Gasteiger partial charge in [-0.05, 0) is 42.0 Å². The van der Waals surface area contributed by atoms with Gasteiger partial charge in [-0.3, -0.25) is 14.2 Å². The minimum Gasteiger partial charge on any atom is -0.340 e. The Morgan fingerprint density at radius 1 is 0.914 bits per heavy atom. The van der Waals surface area contributed by atoms with E-state index >= 15 is 0 Å². The number of sulfonamides is 1. The number of hydrogen-bond acceptors (Lipinski definition) is 5. The Kier molecular flexibility index (Phi) is 6.12. The van der Waals surface area contributed by atoms with Crippen molar-refractivity contribution in [3.63, 3.8) is 0 Å². The van der Waals surface area contributed by atoms with Gasteiger partial charge in [0, 0.05) is 39.1 Å². The van der Waals surface area contributed by atoms with Crippen molar-refractivity contribution in [2.24, 2.45) is 0 Å². The van der Waals surface area contributed by atoms with Gasteiger partial charge in [0.1, 0.15) is 5.82 Å². The lowest BCUT2D eigenvalue weighted by Gasteiger charge is -2.34. The predicted octanol–water partition coefficient (Wildman–Crippen LogP) is 2.78. The minimum absolute atomic E-state index is 0.104. The first-order valence-electron chi connectivity index (χ1n) is 11.6. The molecule has 2 heterocycles. The first-order valence-corrected chi connectivity index (χ1v) is 13.0. The lowest BCUT2D eigenvalue weighted by atomic mass is 10.1. The summed E-state index contributed by atoms with van der Waals surface area (Å²) in [5.74, 6) is 0.458. The number of rotatable bonds is 5. The number of nitrogens with zero attached hydrogens (tertiary/aromatic N) is 4. The molecular weight excluding hydrogens is 464 g/mol. The molecule has 35 heavy (non-hydrogen) atoms. The SMILES string of the molecule is Cc1nc2ccccc2c(=O)n1CCC(=O)N1CCN(S(=O)(=O)c2ccc3ccccc3c2)CC1. The van der Waals surface area contributed by atoms with Crippen molar-refractivity contribution in [2.45, 2.75) is 24.8 Å². The topological polar surface area (TPSA) is 92.6 Å². The summed E-state index contributed by atoms with van der Waals surface area (Å²) in [6, 6.07) is 19.9. The van der Waals surface area contributed by atoms with E-state index in [2.05, 4.69) is 4.98 Å². The van der Waals surface area contributed by atoms with Crippen LogP contribution in [0.3, 0.4) is 0 Å². The van der Waals surface area contributed by atoms with E-state index in [1.165, 1.54) is 8.87 Å².